The second kappa shape index (κ2) is 8.99. The number of nitrogens with two attached hydrogens (primary N) is 1. The van der Waals surface area contributed by atoms with E-state index >= 15 is 0 Å². The van der Waals surface area contributed by atoms with E-state index in [0.29, 0.717) is 11.6 Å². The highest BCUT2D eigenvalue weighted by atomic mass is 16.5. The van der Waals surface area contributed by atoms with Crippen molar-refractivity contribution < 1.29 is 14.3 Å². The number of benzene rings is 1. The first-order chi connectivity index (χ1) is 14.1. The molecular formula is C23H31N3O3. The number of aryl methyl sites for hydroxylation is 1. The van der Waals surface area contributed by atoms with Gasteiger partial charge in [-0.05, 0) is 69.6 Å². The van der Waals surface area contributed by atoms with Crippen LogP contribution < -0.4 is 15.8 Å². The second-order valence-electron chi connectivity index (χ2n) is 8.47. The number of nitrogen functional groups attached to an aromatic ring is 1. The molecule has 2 saturated carbocycles. The SMILES string of the molecule is Cc1cc(N)c2c(O[C@H]3CC[C@H](NC(=O)COCC4CCC4)CC3)cccc2n1. The number of pyridine rings is 1. The third-order valence-electron chi connectivity index (χ3n) is 6.10. The summed E-state index contributed by atoms with van der Waals surface area (Å²) in [6, 6.07) is 7.97. The molecule has 2 aliphatic carbocycles. The van der Waals surface area contributed by atoms with Crippen LogP contribution in [-0.4, -0.2) is 36.3 Å². The molecule has 2 aromatic rings. The smallest absolute Gasteiger partial charge is 0.246 e. The number of hydrogen-bond acceptors (Lipinski definition) is 5. The number of ether oxygens (including phenoxy) is 2. The molecule has 0 spiro atoms. The van der Waals surface area contributed by atoms with E-state index < -0.39 is 0 Å². The Morgan fingerprint density at radius 3 is 2.72 bits per heavy atom. The molecule has 2 aliphatic rings. The fraction of sp³-hybridized carbons (Fsp3) is 0.565. The minimum absolute atomic E-state index is 0.00281. The quantitative estimate of drug-likeness (QED) is 0.743. The fourth-order valence-corrected chi connectivity index (χ4v) is 4.27. The molecular weight excluding hydrogens is 366 g/mol. The van der Waals surface area contributed by atoms with Crippen molar-refractivity contribution in [3.63, 3.8) is 0 Å². The van der Waals surface area contributed by atoms with Crippen molar-refractivity contribution >= 4 is 22.5 Å². The maximum absolute atomic E-state index is 12.1. The number of fused-ring (bicyclic) bond motifs is 1. The van der Waals surface area contributed by atoms with Gasteiger partial charge in [0, 0.05) is 17.4 Å². The zero-order chi connectivity index (χ0) is 20.2. The summed E-state index contributed by atoms with van der Waals surface area (Å²) < 4.78 is 11.8. The average Bonchev–Trinajstić information content (AvgIpc) is 2.65. The predicted octanol–water partition coefficient (Wildman–Crippen LogP) is 3.75. The molecule has 0 bridgehead atoms. The highest BCUT2D eigenvalue weighted by molar-refractivity contribution is 5.95. The summed E-state index contributed by atoms with van der Waals surface area (Å²) >= 11 is 0. The van der Waals surface area contributed by atoms with E-state index in [-0.39, 0.29) is 24.7 Å². The summed E-state index contributed by atoms with van der Waals surface area (Å²) in [6.45, 7) is 2.84. The molecule has 4 rings (SSSR count). The van der Waals surface area contributed by atoms with Gasteiger partial charge >= 0.3 is 0 Å². The molecule has 1 aromatic carbocycles. The van der Waals surface area contributed by atoms with E-state index in [4.69, 9.17) is 15.2 Å². The molecule has 6 nitrogen and oxygen atoms in total. The molecule has 1 heterocycles. The molecule has 1 amide bonds. The van der Waals surface area contributed by atoms with E-state index in [1.807, 2.05) is 31.2 Å². The number of carbonyl (C=O) groups excluding carboxylic acids is 1. The fourth-order valence-electron chi connectivity index (χ4n) is 4.27. The van der Waals surface area contributed by atoms with Crippen molar-refractivity contribution in [2.45, 2.75) is 64.0 Å². The monoisotopic (exact) mass is 397 g/mol. The first-order valence-corrected chi connectivity index (χ1v) is 10.8. The summed E-state index contributed by atoms with van der Waals surface area (Å²) in [6.07, 6.45) is 7.55. The number of nitrogens with zero attached hydrogens (tertiary/aromatic N) is 1. The van der Waals surface area contributed by atoms with Crippen molar-refractivity contribution in [1.82, 2.24) is 10.3 Å². The lowest BCUT2D eigenvalue weighted by molar-refractivity contribution is -0.127. The van der Waals surface area contributed by atoms with E-state index in [1.165, 1.54) is 19.3 Å². The van der Waals surface area contributed by atoms with Gasteiger partial charge in [-0.15, -0.1) is 0 Å². The van der Waals surface area contributed by atoms with Crippen LogP contribution in [0.4, 0.5) is 5.69 Å². The van der Waals surface area contributed by atoms with Crippen LogP contribution in [0.1, 0.15) is 50.6 Å². The molecule has 2 fully saturated rings. The molecule has 0 aliphatic heterocycles. The van der Waals surface area contributed by atoms with Gasteiger partial charge in [-0.1, -0.05) is 12.5 Å². The Labute approximate surface area is 172 Å². The van der Waals surface area contributed by atoms with Crippen LogP contribution >= 0.6 is 0 Å². The van der Waals surface area contributed by atoms with Crippen LogP contribution in [0.25, 0.3) is 10.9 Å². The molecule has 29 heavy (non-hydrogen) atoms. The largest absolute Gasteiger partial charge is 0.490 e. The average molecular weight is 398 g/mol. The molecule has 156 valence electrons. The highest BCUT2D eigenvalue weighted by Gasteiger charge is 2.25. The molecule has 3 N–H and O–H groups in total. The molecule has 6 heteroatoms. The van der Waals surface area contributed by atoms with Gasteiger partial charge in [0.25, 0.3) is 0 Å². The minimum Gasteiger partial charge on any atom is -0.490 e. The van der Waals surface area contributed by atoms with E-state index in [0.717, 1.165) is 54.6 Å². The summed E-state index contributed by atoms with van der Waals surface area (Å²) in [5.41, 5.74) is 8.70. The minimum atomic E-state index is -0.00281. The highest BCUT2D eigenvalue weighted by Crippen LogP contribution is 2.33. The Morgan fingerprint density at radius 2 is 2.00 bits per heavy atom. The van der Waals surface area contributed by atoms with Crippen LogP contribution in [0.15, 0.2) is 24.3 Å². The van der Waals surface area contributed by atoms with Gasteiger partial charge < -0.3 is 20.5 Å². The Morgan fingerprint density at radius 1 is 1.21 bits per heavy atom. The number of nitrogens with one attached hydrogen (secondary N) is 1. The zero-order valence-corrected chi connectivity index (χ0v) is 17.2. The van der Waals surface area contributed by atoms with Gasteiger partial charge in [-0.2, -0.15) is 0 Å². The number of rotatable bonds is 7. The van der Waals surface area contributed by atoms with Gasteiger partial charge in [0.15, 0.2) is 0 Å². The molecule has 0 radical (unpaired) electrons. The van der Waals surface area contributed by atoms with Crippen molar-refractivity contribution in [2.75, 3.05) is 18.9 Å². The van der Waals surface area contributed by atoms with Crippen molar-refractivity contribution in [3.8, 4) is 5.75 Å². The normalized spacial score (nSPS) is 22.2. The first-order valence-electron chi connectivity index (χ1n) is 10.8. The van der Waals surface area contributed by atoms with Crippen LogP contribution in [0.3, 0.4) is 0 Å². The Kier molecular flexibility index (Phi) is 6.19. The maximum Gasteiger partial charge on any atom is 0.246 e. The topological polar surface area (TPSA) is 86.5 Å². The lowest BCUT2D eigenvalue weighted by Gasteiger charge is -2.30. The number of anilines is 1. The molecule has 1 aromatic heterocycles. The molecule has 0 atom stereocenters. The maximum atomic E-state index is 12.1. The van der Waals surface area contributed by atoms with Gasteiger partial charge in [-0.3, -0.25) is 9.78 Å². The molecule has 0 saturated heterocycles. The molecule has 0 unspecified atom stereocenters. The Bertz CT molecular complexity index is 858. The van der Waals surface area contributed by atoms with Crippen LogP contribution in [0, 0.1) is 12.8 Å². The number of aromatic nitrogens is 1. The third kappa shape index (κ3) is 4.99. The Hall–Kier alpha value is -2.34. The number of hydrogen-bond donors (Lipinski definition) is 2. The predicted molar refractivity (Wildman–Crippen MR) is 114 cm³/mol. The summed E-state index contributed by atoms with van der Waals surface area (Å²) in [4.78, 5) is 16.7. The van der Waals surface area contributed by atoms with E-state index in [2.05, 4.69) is 10.3 Å². The third-order valence-corrected chi connectivity index (χ3v) is 6.10. The number of amides is 1. The first kappa shape index (κ1) is 20.0. The summed E-state index contributed by atoms with van der Waals surface area (Å²) in [5.74, 6) is 1.46. The van der Waals surface area contributed by atoms with Gasteiger partial charge in [0.05, 0.1) is 23.6 Å². The van der Waals surface area contributed by atoms with E-state index in [1.54, 1.807) is 0 Å². The number of carbonyl (C=O) groups is 1. The van der Waals surface area contributed by atoms with Crippen molar-refractivity contribution in [1.29, 1.82) is 0 Å². The van der Waals surface area contributed by atoms with Crippen LogP contribution in [-0.2, 0) is 9.53 Å². The van der Waals surface area contributed by atoms with Gasteiger partial charge in [0.2, 0.25) is 5.91 Å². The van der Waals surface area contributed by atoms with Crippen molar-refractivity contribution in [2.24, 2.45) is 5.92 Å². The zero-order valence-electron chi connectivity index (χ0n) is 17.2. The van der Waals surface area contributed by atoms with Gasteiger partial charge in [-0.25, -0.2) is 0 Å². The lowest BCUT2D eigenvalue weighted by Crippen LogP contribution is -2.41. The van der Waals surface area contributed by atoms with E-state index in [9.17, 15) is 4.79 Å². The second-order valence-corrected chi connectivity index (χ2v) is 8.47. The lowest BCUT2D eigenvalue weighted by atomic mass is 9.86. The van der Waals surface area contributed by atoms with Crippen LogP contribution in [0.5, 0.6) is 5.75 Å². The standard InChI is InChI=1S/C23H31N3O3/c1-15-12-19(24)23-20(25-15)6-3-7-21(23)29-18-10-8-17(9-11-18)26-22(27)14-28-13-16-4-2-5-16/h3,6-7,12,16-18H,2,4-5,8-11,13-14H2,1H3,(H2,24,25)(H,26,27)/t17-,18-. The van der Waals surface area contributed by atoms with Gasteiger partial charge in [0.1, 0.15) is 12.4 Å². The summed E-state index contributed by atoms with van der Waals surface area (Å²) in [5, 5.41) is 3.99. The Balaban J connectivity index is 1.26. The van der Waals surface area contributed by atoms with Crippen molar-refractivity contribution in [3.05, 3.63) is 30.0 Å². The summed E-state index contributed by atoms with van der Waals surface area (Å²) in [7, 11) is 0. The van der Waals surface area contributed by atoms with Crippen LogP contribution in [0.2, 0.25) is 0 Å².